The van der Waals surface area contributed by atoms with E-state index in [4.69, 9.17) is 23.2 Å². The molecular formula is C9H5Cl2F3O2. The molecule has 0 heterocycles. The molecule has 1 rings (SSSR count). The maximum atomic E-state index is 11.8. The molecule has 0 aromatic heterocycles. The van der Waals surface area contributed by atoms with E-state index in [2.05, 4.69) is 4.74 Å². The molecule has 0 amide bonds. The zero-order chi connectivity index (χ0) is 12.3. The summed E-state index contributed by atoms with van der Waals surface area (Å²) in [6, 6.07) is 4.13. The topological polar surface area (TPSA) is 26.3 Å². The summed E-state index contributed by atoms with van der Waals surface area (Å²) in [6.07, 6.45) is -5.00. The Bertz CT molecular complexity index is 384. The number of esters is 1. The van der Waals surface area contributed by atoms with Crippen LogP contribution in [0.3, 0.4) is 0 Å². The zero-order valence-electron chi connectivity index (χ0n) is 7.65. The van der Waals surface area contributed by atoms with Crippen LogP contribution < -0.4 is 0 Å². The average molecular weight is 273 g/mol. The van der Waals surface area contributed by atoms with Gasteiger partial charge in [-0.05, 0) is 23.8 Å². The fourth-order valence-corrected chi connectivity index (χ4v) is 1.50. The lowest BCUT2D eigenvalue weighted by molar-refractivity contribution is -0.201. The number of hydrogen-bond acceptors (Lipinski definition) is 2. The second-order valence-electron chi connectivity index (χ2n) is 2.85. The number of ether oxygens (including phenoxy) is 1. The molecule has 88 valence electrons. The van der Waals surface area contributed by atoms with Gasteiger partial charge in [0.25, 0.3) is 0 Å². The first-order chi connectivity index (χ1) is 7.29. The van der Waals surface area contributed by atoms with Crippen molar-refractivity contribution in [3.63, 3.8) is 0 Å². The molecule has 1 aromatic carbocycles. The van der Waals surface area contributed by atoms with Crippen molar-refractivity contribution in [2.24, 2.45) is 0 Å². The number of carbonyl (C=O) groups is 1. The highest BCUT2D eigenvalue weighted by atomic mass is 35.5. The molecule has 0 saturated heterocycles. The second-order valence-corrected chi connectivity index (χ2v) is 3.72. The Morgan fingerprint density at radius 2 is 1.69 bits per heavy atom. The Balaban J connectivity index is 2.65. The standard InChI is InChI=1S/C9H5Cl2F3O2/c10-6-1-5(2-7(11)3-6)4-16-8(15)9(12,13)14/h1-3H,4H2. The van der Waals surface area contributed by atoms with Crippen molar-refractivity contribution in [1.29, 1.82) is 0 Å². The van der Waals surface area contributed by atoms with Crippen LogP contribution in [0.1, 0.15) is 5.56 Å². The highest BCUT2D eigenvalue weighted by molar-refractivity contribution is 6.34. The van der Waals surface area contributed by atoms with E-state index in [1.807, 2.05) is 0 Å². The Morgan fingerprint density at radius 1 is 1.19 bits per heavy atom. The first-order valence-corrected chi connectivity index (χ1v) is 4.73. The molecule has 0 spiro atoms. The van der Waals surface area contributed by atoms with Gasteiger partial charge in [0, 0.05) is 10.0 Å². The van der Waals surface area contributed by atoms with Crippen molar-refractivity contribution >= 4 is 29.2 Å². The van der Waals surface area contributed by atoms with Gasteiger partial charge in [0.2, 0.25) is 0 Å². The summed E-state index contributed by atoms with van der Waals surface area (Å²) in [5.74, 6) is -2.25. The second kappa shape index (κ2) is 4.93. The highest BCUT2D eigenvalue weighted by Gasteiger charge is 2.40. The summed E-state index contributed by atoms with van der Waals surface area (Å²) in [6.45, 7) is -0.529. The minimum atomic E-state index is -5.00. The van der Waals surface area contributed by atoms with Crippen molar-refractivity contribution < 1.29 is 22.7 Å². The van der Waals surface area contributed by atoms with E-state index >= 15 is 0 Å². The SMILES string of the molecule is O=C(OCc1cc(Cl)cc(Cl)c1)C(F)(F)F. The van der Waals surface area contributed by atoms with Crippen LogP contribution in [0.15, 0.2) is 18.2 Å². The molecule has 0 unspecified atom stereocenters. The van der Waals surface area contributed by atoms with E-state index in [-0.39, 0.29) is 15.6 Å². The van der Waals surface area contributed by atoms with E-state index < -0.39 is 18.8 Å². The minimum absolute atomic E-state index is 0.255. The molecule has 0 fully saturated rings. The summed E-state index contributed by atoms with van der Waals surface area (Å²) in [5, 5.41) is 0.510. The van der Waals surface area contributed by atoms with Gasteiger partial charge in [0.05, 0.1) is 0 Å². The Morgan fingerprint density at radius 3 is 2.12 bits per heavy atom. The molecule has 0 N–H and O–H groups in total. The third-order valence-corrected chi connectivity index (χ3v) is 1.96. The largest absolute Gasteiger partial charge is 0.490 e. The van der Waals surface area contributed by atoms with E-state index in [0.717, 1.165) is 0 Å². The smallest absolute Gasteiger partial charge is 0.454 e. The van der Waals surface area contributed by atoms with Gasteiger partial charge in [-0.1, -0.05) is 23.2 Å². The van der Waals surface area contributed by atoms with Gasteiger partial charge < -0.3 is 4.74 Å². The van der Waals surface area contributed by atoms with Crippen molar-refractivity contribution in [3.05, 3.63) is 33.8 Å². The Kier molecular flexibility index (Phi) is 4.04. The molecule has 0 atom stereocenters. The molecule has 0 saturated carbocycles. The molecular weight excluding hydrogens is 268 g/mol. The van der Waals surface area contributed by atoms with Crippen LogP contribution in [-0.2, 0) is 16.1 Å². The van der Waals surface area contributed by atoms with Crippen molar-refractivity contribution in [2.75, 3.05) is 0 Å². The lowest BCUT2D eigenvalue weighted by atomic mass is 10.2. The third-order valence-electron chi connectivity index (χ3n) is 1.52. The third kappa shape index (κ3) is 3.90. The maximum absolute atomic E-state index is 11.8. The fourth-order valence-electron chi connectivity index (χ4n) is 0.925. The first kappa shape index (κ1) is 13.1. The van der Waals surface area contributed by atoms with Crippen LogP contribution in [0, 0.1) is 0 Å². The lowest BCUT2D eigenvalue weighted by Crippen LogP contribution is -2.25. The number of benzene rings is 1. The molecule has 7 heteroatoms. The molecule has 1 aromatic rings. The fraction of sp³-hybridized carbons (Fsp3) is 0.222. The van der Waals surface area contributed by atoms with Crippen LogP contribution in [-0.4, -0.2) is 12.1 Å². The molecule has 0 bridgehead atoms. The Hall–Kier alpha value is -0.940. The first-order valence-electron chi connectivity index (χ1n) is 3.98. The molecule has 0 radical (unpaired) electrons. The van der Waals surface area contributed by atoms with Gasteiger partial charge in [-0.3, -0.25) is 0 Å². The maximum Gasteiger partial charge on any atom is 0.490 e. The monoisotopic (exact) mass is 272 g/mol. The Labute approximate surface area is 98.9 Å². The summed E-state index contributed by atoms with van der Waals surface area (Å²) in [5.41, 5.74) is 0.287. The molecule has 2 nitrogen and oxygen atoms in total. The van der Waals surface area contributed by atoms with Gasteiger partial charge in [-0.15, -0.1) is 0 Å². The molecule has 0 aliphatic heterocycles. The predicted octanol–water partition coefficient (Wildman–Crippen LogP) is 3.60. The number of rotatable bonds is 2. The summed E-state index contributed by atoms with van der Waals surface area (Å²) in [4.78, 5) is 10.4. The summed E-state index contributed by atoms with van der Waals surface area (Å²) in [7, 11) is 0. The van der Waals surface area contributed by atoms with Crippen LogP contribution in [0.5, 0.6) is 0 Å². The van der Waals surface area contributed by atoms with Crippen LogP contribution in [0.2, 0.25) is 10.0 Å². The van der Waals surface area contributed by atoms with Gasteiger partial charge in [-0.25, -0.2) is 4.79 Å². The van der Waals surface area contributed by atoms with Gasteiger partial charge in [-0.2, -0.15) is 13.2 Å². The van der Waals surface area contributed by atoms with E-state index in [0.29, 0.717) is 0 Å². The van der Waals surface area contributed by atoms with Gasteiger partial charge >= 0.3 is 12.1 Å². The zero-order valence-corrected chi connectivity index (χ0v) is 9.16. The van der Waals surface area contributed by atoms with Gasteiger partial charge in [0.1, 0.15) is 6.61 Å². The predicted molar refractivity (Wildman–Crippen MR) is 52.3 cm³/mol. The molecule has 0 aliphatic rings. The number of carbonyl (C=O) groups excluding carboxylic acids is 1. The van der Waals surface area contributed by atoms with E-state index in [1.54, 1.807) is 0 Å². The van der Waals surface area contributed by atoms with E-state index in [1.165, 1.54) is 18.2 Å². The highest BCUT2D eigenvalue weighted by Crippen LogP contribution is 2.21. The van der Waals surface area contributed by atoms with Gasteiger partial charge in [0.15, 0.2) is 0 Å². The normalized spacial score (nSPS) is 11.3. The van der Waals surface area contributed by atoms with Crippen molar-refractivity contribution in [3.8, 4) is 0 Å². The van der Waals surface area contributed by atoms with Crippen molar-refractivity contribution in [2.45, 2.75) is 12.8 Å². The van der Waals surface area contributed by atoms with E-state index in [9.17, 15) is 18.0 Å². The molecule has 0 aliphatic carbocycles. The quantitative estimate of drug-likeness (QED) is 0.769. The average Bonchev–Trinajstić information content (AvgIpc) is 2.11. The summed E-state index contributed by atoms with van der Waals surface area (Å²) < 4.78 is 39.4. The number of halogens is 5. The number of hydrogen-bond donors (Lipinski definition) is 0. The number of alkyl halides is 3. The van der Waals surface area contributed by atoms with Crippen LogP contribution in [0.4, 0.5) is 13.2 Å². The van der Waals surface area contributed by atoms with Crippen LogP contribution in [0.25, 0.3) is 0 Å². The lowest BCUT2D eigenvalue weighted by Gasteiger charge is -2.07. The minimum Gasteiger partial charge on any atom is -0.454 e. The molecule has 16 heavy (non-hydrogen) atoms. The summed E-state index contributed by atoms with van der Waals surface area (Å²) >= 11 is 11.2. The van der Waals surface area contributed by atoms with Crippen LogP contribution >= 0.6 is 23.2 Å². The van der Waals surface area contributed by atoms with Crippen molar-refractivity contribution in [1.82, 2.24) is 0 Å².